The van der Waals surface area contributed by atoms with E-state index in [1.807, 2.05) is 110 Å². The normalized spacial score (nSPS) is 19.9. The quantitative estimate of drug-likeness (QED) is 0.694. The highest BCUT2D eigenvalue weighted by Gasteiger charge is 2.51. The van der Waals surface area contributed by atoms with Crippen LogP contribution in [0.25, 0.3) is 0 Å². The largest absolute Gasteiger partial charge is 0.377 e. The summed E-state index contributed by atoms with van der Waals surface area (Å²) in [4.78, 5) is 15.4. The zero-order valence-corrected chi connectivity index (χ0v) is 17.3. The van der Waals surface area contributed by atoms with Crippen LogP contribution in [0, 0.1) is 0 Å². The van der Waals surface area contributed by atoms with Gasteiger partial charge in [-0.1, -0.05) is 91.0 Å². The molecule has 154 valence electrons. The van der Waals surface area contributed by atoms with Crippen molar-refractivity contribution in [3.63, 3.8) is 0 Å². The monoisotopic (exact) mass is 401 g/mol. The van der Waals surface area contributed by atoms with Crippen LogP contribution in [0.2, 0.25) is 0 Å². The van der Waals surface area contributed by atoms with Crippen LogP contribution in [0.5, 0.6) is 0 Å². The van der Waals surface area contributed by atoms with Crippen LogP contribution in [0.3, 0.4) is 0 Å². The lowest BCUT2D eigenvalue weighted by Crippen LogP contribution is -2.59. The minimum atomic E-state index is -1.61. The molecule has 4 nitrogen and oxygen atoms in total. The van der Waals surface area contributed by atoms with Crippen molar-refractivity contribution in [3.05, 3.63) is 108 Å². The second-order valence-electron chi connectivity index (χ2n) is 8.00. The molecule has 0 radical (unpaired) electrons. The van der Waals surface area contributed by atoms with Crippen molar-refractivity contribution in [1.82, 2.24) is 4.90 Å². The molecular weight excluding hydrogens is 374 g/mol. The maximum Gasteiger partial charge on any atom is 0.255 e. The third-order valence-corrected chi connectivity index (χ3v) is 5.77. The lowest BCUT2D eigenvalue weighted by Gasteiger charge is -2.46. The van der Waals surface area contributed by atoms with E-state index >= 15 is 0 Å². The van der Waals surface area contributed by atoms with E-state index in [-0.39, 0.29) is 18.1 Å². The van der Waals surface area contributed by atoms with Crippen LogP contribution < -0.4 is 0 Å². The Morgan fingerprint density at radius 3 is 1.80 bits per heavy atom. The summed E-state index contributed by atoms with van der Waals surface area (Å²) in [6.07, 6.45) is -1.39. The number of aliphatic hydroxyl groups is 1. The number of carbonyl (C=O) groups is 1. The Morgan fingerprint density at radius 1 is 0.867 bits per heavy atom. The van der Waals surface area contributed by atoms with Gasteiger partial charge in [-0.15, -0.1) is 0 Å². The van der Waals surface area contributed by atoms with Crippen molar-refractivity contribution in [2.75, 3.05) is 6.54 Å². The fraction of sp³-hybridized carbons (Fsp3) is 0.269. The first-order chi connectivity index (χ1) is 14.5. The molecule has 1 aliphatic heterocycles. The van der Waals surface area contributed by atoms with Crippen LogP contribution in [-0.2, 0) is 15.1 Å². The fourth-order valence-electron chi connectivity index (χ4n) is 4.13. The number of carbonyl (C=O) groups excluding carboxylic acids is 1. The molecule has 1 heterocycles. The maximum absolute atomic E-state index is 13.6. The van der Waals surface area contributed by atoms with Crippen molar-refractivity contribution in [2.45, 2.75) is 37.7 Å². The first kappa shape index (κ1) is 20.3. The van der Waals surface area contributed by atoms with Gasteiger partial charge in [0.15, 0.2) is 6.10 Å². The zero-order valence-electron chi connectivity index (χ0n) is 17.3. The van der Waals surface area contributed by atoms with Gasteiger partial charge in [0.25, 0.3) is 5.91 Å². The summed E-state index contributed by atoms with van der Waals surface area (Å²) >= 11 is 0. The first-order valence-electron chi connectivity index (χ1n) is 10.4. The molecule has 0 aliphatic carbocycles. The smallest absolute Gasteiger partial charge is 0.255 e. The number of nitrogens with zero attached hydrogens (tertiary/aromatic N) is 1. The van der Waals surface area contributed by atoms with Gasteiger partial charge >= 0.3 is 0 Å². The molecule has 30 heavy (non-hydrogen) atoms. The van der Waals surface area contributed by atoms with E-state index in [0.717, 1.165) is 5.56 Å². The summed E-state index contributed by atoms with van der Waals surface area (Å²) in [5.74, 6) is -0.201. The van der Waals surface area contributed by atoms with Gasteiger partial charge in [-0.05, 0) is 30.5 Å². The van der Waals surface area contributed by atoms with Gasteiger partial charge in [0.1, 0.15) is 11.7 Å². The maximum atomic E-state index is 13.6. The Hall–Kier alpha value is -2.95. The predicted octanol–water partition coefficient (Wildman–Crippen LogP) is 4.30. The van der Waals surface area contributed by atoms with Crippen LogP contribution >= 0.6 is 0 Å². The molecular formula is C26H27NO3. The van der Waals surface area contributed by atoms with E-state index in [1.54, 1.807) is 0 Å². The summed E-state index contributed by atoms with van der Waals surface area (Å²) in [5, 5.41) is 12.1. The Labute approximate surface area is 177 Å². The van der Waals surface area contributed by atoms with Gasteiger partial charge in [0, 0.05) is 6.04 Å². The van der Waals surface area contributed by atoms with Crippen molar-refractivity contribution in [1.29, 1.82) is 0 Å². The summed E-state index contributed by atoms with van der Waals surface area (Å²) < 4.78 is 6.40. The second kappa shape index (κ2) is 8.42. The van der Waals surface area contributed by atoms with E-state index in [2.05, 4.69) is 0 Å². The van der Waals surface area contributed by atoms with Crippen LogP contribution in [0.1, 0.15) is 36.6 Å². The fourth-order valence-corrected chi connectivity index (χ4v) is 4.13. The van der Waals surface area contributed by atoms with Gasteiger partial charge in [0.2, 0.25) is 0 Å². The van der Waals surface area contributed by atoms with E-state index in [9.17, 15) is 9.90 Å². The summed E-state index contributed by atoms with van der Waals surface area (Å²) in [6, 6.07) is 28.5. The SMILES string of the molecule is CC(C)N1CC(c2ccccc2)OC(C(O)(c2ccccc2)c2ccccc2)C1=O. The van der Waals surface area contributed by atoms with Crippen molar-refractivity contribution < 1.29 is 14.6 Å². The third kappa shape index (κ3) is 3.64. The average Bonchev–Trinajstić information content (AvgIpc) is 2.80. The Balaban J connectivity index is 1.85. The molecule has 0 saturated carbocycles. The Morgan fingerprint density at radius 2 is 1.33 bits per heavy atom. The molecule has 1 fully saturated rings. The molecule has 0 aromatic heterocycles. The average molecular weight is 402 g/mol. The molecule has 0 spiro atoms. The minimum absolute atomic E-state index is 0.00842. The third-order valence-electron chi connectivity index (χ3n) is 5.77. The molecule has 4 heteroatoms. The predicted molar refractivity (Wildman–Crippen MR) is 117 cm³/mol. The van der Waals surface area contributed by atoms with Crippen molar-refractivity contribution >= 4 is 5.91 Å². The number of amides is 1. The number of rotatable bonds is 5. The molecule has 1 aliphatic rings. The van der Waals surface area contributed by atoms with E-state index < -0.39 is 11.7 Å². The summed E-state index contributed by atoms with van der Waals surface area (Å²) in [6.45, 7) is 4.44. The number of benzene rings is 3. The molecule has 1 saturated heterocycles. The van der Waals surface area contributed by atoms with Gasteiger partial charge in [-0.2, -0.15) is 0 Å². The topological polar surface area (TPSA) is 49.8 Å². The van der Waals surface area contributed by atoms with E-state index in [0.29, 0.717) is 17.7 Å². The summed E-state index contributed by atoms with van der Waals surface area (Å²) in [7, 11) is 0. The Bertz CT molecular complexity index is 933. The van der Waals surface area contributed by atoms with Gasteiger partial charge in [-0.25, -0.2) is 0 Å². The molecule has 0 bridgehead atoms. The number of hydrogen-bond donors (Lipinski definition) is 1. The van der Waals surface area contributed by atoms with Crippen LogP contribution in [0.4, 0.5) is 0 Å². The standard InChI is InChI=1S/C26H27NO3/c1-19(2)27-18-23(20-12-6-3-7-13-20)30-24(25(27)28)26(29,21-14-8-4-9-15-21)22-16-10-5-11-17-22/h3-17,19,23-24,29H,18H2,1-2H3. The lowest BCUT2D eigenvalue weighted by molar-refractivity contribution is -0.191. The lowest BCUT2D eigenvalue weighted by atomic mass is 9.80. The number of morpholine rings is 1. The molecule has 1 amide bonds. The van der Waals surface area contributed by atoms with E-state index in [1.165, 1.54) is 0 Å². The van der Waals surface area contributed by atoms with Crippen molar-refractivity contribution in [3.8, 4) is 0 Å². The second-order valence-corrected chi connectivity index (χ2v) is 8.00. The molecule has 4 rings (SSSR count). The highest BCUT2D eigenvalue weighted by molar-refractivity contribution is 5.84. The highest BCUT2D eigenvalue weighted by Crippen LogP contribution is 2.40. The zero-order chi connectivity index (χ0) is 21.1. The molecule has 2 unspecified atom stereocenters. The van der Waals surface area contributed by atoms with E-state index in [4.69, 9.17) is 4.74 Å². The van der Waals surface area contributed by atoms with Gasteiger partial charge in [0.05, 0.1) is 6.54 Å². The molecule has 1 N–H and O–H groups in total. The molecule has 3 aromatic carbocycles. The molecule has 2 atom stereocenters. The van der Waals surface area contributed by atoms with Crippen LogP contribution in [-0.4, -0.2) is 34.6 Å². The minimum Gasteiger partial charge on any atom is -0.377 e. The Kier molecular flexibility index (Phi) is 5.71. The van der Waals surface area contributed by atoms with Gasteiger partial charge in [-0.3, -0.25) is 4.79 Å². The van der Waals surface area contributed by atoms with Gasteiger partial charge < -0.3 is 14.7 Å². The highest BCUT2D eigenvalue weighted by atomic mass is 16.5. The van der Waals surface area contributed by atoms with Crippen LogP contribution in [0.15, 0.2) is 91.0 Å². The van der Waals surface area contributed by atoms with Crippen molar-refractivity contribution in [2.24, 2.45) is 0 Å². The first-order valence-corrected chi connectivity index (χ1v) is 10.4. The summed E-state index contributed by atoms with van der Waals surface area (Å²) in [5.41, 5.74) is 0.642. The number of hydrogen-bond acceptors (Lipinski definition) is 3. The number of ether oxygens (including phenoxy) is 1. The molecule has 3 aromatic rings.